The highest BCUT2D eigenvalue weighted by Crippen LogP contribution is 2.37. The second-order valence-electron chi connectivity index (χ2n) is 8.65. The van der Waals surface area contributed by atoms with Crippen molar-refractivity contribution in [1.82, 2.24) is 5.32 Å². The Kier molecular flexibility index (Phi) is 8.39. The Balaban J connectivity index is 1.52. The van der Waals surface area contributed by atoms with Gasteiger partial charge < -0.3 is 20.1 Å². The van der Waals surface area contributed by atoms with Crippen molar-refractivity contribution in [1.29, 1.82) is 0 Å². The molecule has 0 unspecified atom stereocenters. The predicted octanol–water partition coefficient (Wildman–Crippen LogP) is 6.47. The number of benzene rings is 3. The number of carbonyl (C=O) groups is 1. The molecule has 6 heteroatoms. The molecule has 0 saturated carbocycles. The fourth-order valence-corrected chi connectivity index (χ4v) is 4.92. The molecule has 0 radical (unpaired) electrons. The summed E-state index contributed by atoms with van der Waals surface area (Å²) < 4.78 is 11.9. The van der Waals surface area contributed by atoms with Crippen LogP contribution >= 0.6 is 11.8 Å². The van der Waals surface area contributed by atoms with Crippen molar-refractivity contribution in [2.75, 3.05) is 12.4 Å². The van der Waals surface area contributed by atoms with E-state index in [2.05, 4.69) is 67.5 Å². The minimum Gasteiger partial charge on any atom is -0.493 e. The van der Waals surface area contributed by atoms with Gasteiger partial charge in [0.1, 0.15) is 6.61 Å². The molecule has 186 valence electrons. The summed E-state index contributed by atoms with van der Waals surface area (Å²) in [5, 5.41) is 6.37. The fourth-order valence-electron chi connectivity index (χ4n) is 3.93. The SMILES string of the molecule is C=CCc1cc(/C=C2\S[C@@H](Nc3ccc(CC)cc3)NC2=O)cc(OC)c1OCc1ccc(C)cc1. The maximum absolute atomic E-state index is 12.7. The molecule has 36 heavy (non-hydrogen) atoms. The number of rotatable bonds is 10. The van der Waals surface area contributed by atoms with Gasteiger partial charge in [-0.1, -0.05) is 66.7 Å². The van der Waals surface area contributed by atoms with Crippen LogP contribution in [0.5, 0.6) is 11.5 Å². The highest BCUT2D eigenvalue weighted by molar-refractivity contribution is 8.05. The van der Waals surface area contributed by atoms with Crippen molar-refractivity contribution in [3.63, 3.8) is 0 Å². The third-order valence-corrected chi connectivity index (χ3v) is 6.96. The first kappa shape index (κ1) is 25.5. The van der Waals surface area contributed by atoms with Gasteiger partial charge in [-0.3, -0.25) is 4.79 Å². The van der Waals surface area contributed by atoms with Crippen LogP contribution in [-0.2, 0) is 24.2 Å². The van der Waals surface area contributed by atoms with E-state index >= 15 is 0 Å². The van der Waals surface area contributed by atoms with E-state index in [-0.39, 0.29) is 11.4 Å². The maximum Gasteiger partial charge on any atom is 0.260 e. The summed E-state index contributed by atoms with van der Waals surface area (Å²) in [5.74, 6) is 1.22. The van der Waals surface area contributed by atoms with Gasteiger partial charge in [0.2, 0.25) is 0 Å². The van der Waals surface area contributed by atoms with Crippen molar-refractivity contribution in [2.45, 2.75) is 38.8 Å². The fraction of sp³-hybridized carbons (Fsp3) is 0.233. The van der Waals surface area contributed by atoms with Crippen LogP contribution in [-0.4, -0.2) is 18.5 Å². The molecule has 1 fully saturated rings. The van der Waals surface area contributed by atoms with E-state index in [0.29, 0.717) is 29.4 Å². The van der Waals surface area contributed by atoms with Gasteiger partial charge in [0.25, 0.3) is 5.91 Å². The Bertz CT molecular complexity index is 1250. The van der Waals surface area contributed by atoms with Gasteiger partial charge in [-0.25, -0.2) is 0 Å². The van der Waals surface area contributed by atoms with Crippen LogP contribution in [0.4, 0.5) is 5.69 Å². The Morgan fingerprint density at radius 3 is 2.47 bits per heavy atom. The molecular weight excluding hydrogens is 468 g/mol. The van der Waals surface area contributed by atoms with Crippen molar-refractivity contribution >= 4 is 29.4 Å². The highest BCUT2D eigenvalue weighted by atomic mass is 32.2. The average Bonchev–Trinajstić information content (AvgIpc) is 3.22. The number of methoxy groups -OCH3 is 1. The van der Waals surface area contributed by atoms with Gasteiger partial charge in [-0.15, -0.1) is 6.58 Å². The van der Waals surface area contributed by atoms with E-state index in [0.717, 1.165) is 28.8 Å². The number of allylic oxidation sites excluding steroid dienone is 1. The molecule has 0 bridgehead atoms. The van der Waals surface area contributed by atoms with Gasteiger partial charge in [-0.05, 0) is 66.8 Å². The number of ether oxygens (including phenoxy) is 2. The lowest BCUT2D eigenvalue weighted by atomic mass is 10.0. The largest absolute Gasteiger partial charge is 0.493 e. The molecular formula is C30H32N2O3S. The van der Waals surface area contributed by atoms with Crippen LogP contribution in [0.2, 0.25) is 0 Å². The van der Waals surface area contributed by atoms with E-state index < -0.39 is 0 Å². The molecule has 1 heterocycles. The van der Waals surface area contributed by atoms with Crippen LogP contribution in [0.1, 0.15) is 34.7 Å². The number of anilines is 1. The lowest BCUT2D eigenvalue weighted by Crippen LogP contribution is -2.30. The Morgan fingerprint density at radius 1 is 1.08 bits per heavy atom. The van der Waals surface area contributed by atoms with Crippen molar-refractivity contribution < 1.29 is 14.3 Å². The molecule has 4 rings (SSSR count). The molecule has 3 aromatic carbocycles. The first-order chi connectivity index (χ1) is 17.5. The van der Waals surface area contributed by atoms with E-state index in [1.54, 1.807) is 7.11 Å². The monoisotopic (exact) mass is 500 g/mol. The first-order valence-electron chi connectivity index (χ1n) is 12.0. The van der Waals surface area contributed by atoms with Gasteiger partial charge in [0, 0.05) is 11.3 Å². The molecule has 3 aromatic rings. The Labute approximate surface area is 217 Å². The van der Waals surface area contributed by atoms with Crippen LogP contribution in [0, 0.1) is 6.92 Å². The zero-order chi connectivity index (χ0) is 25.5. The van der Waals surface area contributed by atoms with E-state index in [4.69, 9.17) is 9.47 Å². The predicted molar refractivity (Wildman–Crippen MR) is 149 cm³/mol. The number of amides is 1. The van der Waals surface area contributed by atoms with E-state index in [1.165, 1.54) is 22.9 Å². The Hall–Kier alpha value is -3.64. The molecule has 5 nitrogen and oxygen atoms in total. The topological polar surface area (TPSA) is 59.6 Å². The van der Waals surface area contributed by atoms with E-state index in [9.17, 15) is 4.79 Å². The van der Waals surface area contributed by atoms with Crippen LogP contribution in [0.3, 0.4) is 0 Å². The smallest absolute Gasteiger partial charge is 0.260 e. The molecule has 1 aliphatic rings. The van der Waals surface area contributed by atoms with Crippen molar-refractivity contribution in [3.8, 4) is 11.5 Å². The first-order valence-corrected chi connectivity index (χ1v) is 12.9. The zero-order valence-electron chi connectivity index (χ0n) is 21.0. The summed E-state index contributed by atoms with van der Waals surface area (Å²) in [6.07, 6.45) is 5.34. The molecule has 1 saturated heterocycles. The number of thioether (sulfide) groups is 1. The summed E-state index contributed by atoms with van der Waals surface area (Å²) in [6, 6.07) is 20.5. The number of carbonyl (C=O) groups excluding carboxylic acids is 1. The molecule has 0 aromatic heterocycles. The number of hydrogen-bond acceptors (Lipinski definition) is 5. The summed E-state index contributed by atoms with van der Waals surface area (Å²) >= 11 is 1.46. The summed E-state index contributed by atoms with van der Waals surface area (Å²) in [4.78, 5) is 13.3. The summed E-state index contributed by atoms with van der Waals surface area (Å²) in [7, 11) is 1.63. The minimum atomic E-state index is -0.233. The highest BCUT2D eigenvalue weighted by Gasteiger charge is 2.27. The van der Waals surface area contributed by atoms with Gasteiger partial charge in [0.15, 0.2) is 17.0 Å². The minimum absolute atomic E-state index is 0.105. The van der Waals surface area contributed by atoms with Gasteiger partial charge in [-0.2, -0.15) is 0 Å². The lowest BCUT2D eigenvalue weighted by Gasteiger charge is -2.16. The standard InChI is InChI=1S/C30H32N2O3S/c1-5-7-24-16-23(17-26(34-4)28(24)35-19-22-10-8-20(3)9-11-22)18-27-29(33)32-30(36-27)31-25-14-12-21(6-2)13-15-25/h5,8-18,30-31H,1,6-7,19H2,2-4H3,(H,32,33)/b27-18-/t30-/m0/s1. The number of aryl methyl sites for hydroxylation is 2. The molecule has 1 aliphatic heterocycles. The van der Waals surface area contributed by atoms with Crippen LogP contribution in [0.15, 0.2) is 78.2 Å². The lowest BCUT2D eigenvalue weighted by molar-refractivity contribution is -0.116. The second-order valence-corrected chi connectivity index (χ2v) is 9.80. The van der Waals surface area contributed by atoms with Crippen molar-refractivity contribution in [3.05, 3.63) is 106 Å². The second kappa shape index (κ2) is 11.9. The van der Waals surface area contributed by atoms with Crippen molar-refractivity contribution in [2.24, 2.45) is 0 Å². The summed E-state index contributed by atoms with van der Waals surface area (Å²) in [5.41, 5.74) is 6.13. The van der Waals surface area contributed by atoms with Gasteiger partial charge in [0.05, 0.1) is 12.0 Å². The average molecular weight is 501 g/mol. The maximum atomic E-state index is 12.7. The molecule has 1 atom stereocenters. The van der Waals surface area contributed by atoms with Gasteiger partial charge >= 0.3 is 0 Å². The number of hydrogen-bond donors (Lipinski definition) is 2. The Morgan fingerprint density at radius 2 is 1.81 bits per heavy atom. The normalized spacial score (nSPS) is 16.0. The third-order valence-electron chi connectivity index (χ3n) is 5.93. The molecule has 0 spiro atoms. The van der Waals surface area contributed by atoms with Crippen LogP contribution < -0.4 is 20.1 Å². The zero-order valence-corrected chi connectivity index (χ0v) is 21.8. The quantitative estimate of drug-likeness (QED) is 0.247. The third kappa shape index (κ3) is 6.32. The van der Waals surface area contributed by atoms with E-state index in [1.807, 2.05) is 36.4 Å². The molecule has 0 aliphatic carbocycles. The number of nitrogens with one attached hydrogen (secondary N) is 2. The van der Waals surface area contributed by atoms with Crippen LogP contribution in [0.25, 0.3) is 6.08 Å². The summed E-state index contributed by atoms with van der Waals surface area (Å²) in [6.45, 7) is 8.53. The molecule has 2 N–H and O–H groups in total. The molecule has 1 amide bonds.